The van der Waals surface area contributed by atoms with E-state index < -0.39 is 0 Å². The molecular weight excluding hydrogens is 430 g/mol. The number of Topliss-reactive ketones (excluding diaryl/α,β-unsaturated/α-hetero) is 1. The summed E-state index contributed by atoms with van der Waals surface area (Å²) < 4.78 is 6.02. The number of methoxy groups -OCH3 is 1. The minimum Gasteiger partial charge on any atom is -0.383 e. The van der Waals surface area contributed by atoms with Gasteiger partial charge in [-0.3, -0.25) is 9.78 Å². The van der Waals surface area contributed by atoms with Crippen LogP contribution in [0, 0.1) is 0 Å². The number of rotatable bonds is 6. The fourth-order valence-corrected chi connectivity index (χ4v) is 3.08. The monoisotopic (exact) mass is 455 g/mol. The number of ketones is 1. The molecule has 2 heterocycles. The Balaban J connectivity index is 0.00000145. The van der Waals surface area contributed by atoms with E-state index in [4.69, 9.17) is 4.74 Å². The Morgan fingerprint density at radius 2 is 1.90 bits per heavy atom. The third-order valence-corrected chi connectivity index (χ3v) is 4.35. The summed E-state index contributed by atoms with van der Waals surface area (Å²) in [6.07, 6.45) is 3.53. The second-order valence-corrected chi connectivity index (χ2v) is 7.27. The predicted molar refractivity (Wildman–Crippen MR) is 122 cm³/mol. The number of pyridine rings is 2. The van der Waals surface area contributed by atoms with Crippen molar-refractivity contribution < 1.29 is 9.53 Å². The van der Waals surface area contributed by atoms with E-state index in [1.165, 1.54) is 0 Å². The number of carbonyl (C=O) groups excluding carboxylic acids is 1. The Labute approximate surface area is 180 Å². The Morgan fingerprint density at radius 3 is 2.59 bits per heavy atom. The van der Waals surface area contributed by atoms with Gasteiger partial charge in [0.1, 0.15) is 0 Å². The minimum absolute atomic E-state index is 0.0866. The zero-order valence-corrected chi connectivity index (χ0v) is 19.0. The van der Waals surface area contributed by atoms with Gasteiger partial charge in [0.05, 0.1) is 28.9 Å². The first-order chi connectivity index (χ1) is 14.0. The molecule has 0 amide bonds. The Hall–Kier alpha value is -2.57. The Morgan fingerprint density at radius 1 is 1.14 bits per heavy atom. The van der Waals surface area contributed by atoms with Gasteiger partial charge in [0.25, 0.3) is 0 Å². The lowest BCUT2D eigenvalue weighted by Gasteiger charge is -2.12. The summed E-state index contributed by atoms with van der Waals surface area (Å²) in [6.45, 7) is 4.46. The molecular formula is C23H26BrN3O2. The molecule has 0 aliphatic rings. The number of allylic oxidation sites excluding steroid dienone is 1. The summed E-state index contributed by atoms with van der Waals surface area (Å²) in [5.74, 6) is -0.0866. The molecule has 152 valence electrons. The van der Waals surface area contributed by atoms with Crippen LogP contribution in [0.3, 0.4) is 0 Å². The number of benzene rings is 1. The number of ether oxygens (including phenoxy) is 1. The predicted octanol–water partition coefficient (Wildman–Crippen LogP) is 5.35. The topological polar surface area (TPSA) is 55.3 Å². The van der Waals surface area contributed by atoms with Gasteiger partial charge >= 0.3 is 0 Å². The van der Waals surface area contributed by atoms with Crippen LogP contribution >= 0.6 is 15.9 Å². The van der Waals surface area contributed by atoms with Gasteiger partial charge in [0.15, 0.2) is 5.78 Å². The molecule has 0 aliphatic heterocycles. The molecule has 0 spiro atoms. The zero-order chi connectivity index (χ0) is 21.4. The van der Waals surface area contributed by atoms with Gasteiger partial charge in [-0.25, -0.2) is 4.98 Å². The lowest BCUT2D eigenvalue weighted by atomic mass is 9.99. The molecule has 6 heteroatoms. The lowest BCUT2D eigenvalue weighted by molar-refractivity contribution is 0.105. The second kappa shape index (κ2) is 10.8. The highest BCUT2D eigenvalue weighted by atomic mass is 79.9. The molecule has 0 unspecified atom stereocenters. The van der Waals surface area contributed by atoms with Gasteiger partial charge in [-0.05, 0) is 45.8 Å². The fraction of sp³-hybridized carbons (Fsp3) is 0.261. The van der Waals surface area contributed by atoms with E-state index in [-0.39, 0.29) is 5.78 Å². The molecule has 0 aliphatic carbocycles. The largest absolute Gasteiger partial charge is 0.383 e. The standard InChI is InChI=1S/C21H20BrN3O2.C2H6/c1-25(2)12-17(21(26)15-6-4-5-14(9-15)13-27-3)18-7-8-19-20(24-18)10-16(22)11-23-19;1-2/h4-12H,13H2,1-3H3;1-2H3/b17-12+;. The highest BCUT2D eigenvalue weighted by Crippen LogP contribution is 2.23. The molecule has 0 saturated heterocycles. The molecule has 1 aromatic carbocycles. The number of hydrogen-bond acceptors (Lipinski definition) is 5. The van der Waals surface area contributed by atoms with Gasteiger partial charge in [-0.1, -0.05) is 32.0 Å². The van der Waals surface area contributed by atoms with Gasteiger partial charge in [0.2, 0.25) is 0 Å². The van der Waals surface area contributed by atoms with Crippen LogP contribution in [0.15, 0.2) is 59.3 Å². The maximum atomic E-state index is 13.2. The highest BCUT2D eigenvalue weighted by Gasteiger charge is 2.17. The van der Waals surface area contributed by atoms with Crippen molar-refractivity contribution in [2.24, 2.45) is 0 Å². The van der Waals surface area contributed by atoms with Crippen molar-refractivity contribution in [3.63, 3.8) is 0 Å². The van der Waals surface area contributed by atoms with Gasteiger partial charge in [-0.15, -0.1) is 0 Å². The number of nitrogens with zero attached hydrogens (tertiary/aromatic N) is 3. The molecule has 2 aromatic heterocycles. The molecule has 3 aromatic rings. The summed E-state index contributed by atoms with van der Waals surface area (Å²) in [6, 6.07) is 13.1. The molecule has 0 bridgehead atoms. The SMILES string of the molecule is CC.COCc1cccc(C(=O)/C(=C/N(C)C)c2ccc3ncc(Br)cc3n2)c1. The van der Waals surface area contributed by atoms with Crippen LogP contribution < -0.4 is 0 Å². The molecule has 0 atom stereocenters. The van der Waals surface area contributed by atoms with E-state index in [2.05, 4.69) is 25.9 Å². The van der Waals surface area contributed by atoms with E-state index >= 15 is 0 Å². The molecule has 5 nitrogen and oxygen atoms in total. The smallest absolute Gasteiger partial charge is 0.196 e. The van der Waals surface area contributed by atoms with Crippen LogP contribution in [-0.4, -0.2) is 41.9 Å². The maximum Gasteiger partial charge on any atom is 0.196 e. The van der Waals surface area contributed by atoms with Crippen molar-refractivity contribution in [1.82, 2.24) is 14.9 Å². The normalized spacial score (nSPS) is 11.0. The van der Waals surface area contributed by atoms with Crippen molar-refractivity contribution in [2.45, 2.75) is 20.5 Å². The summed E-state index contributed by atoms with van der Waals surface area (Å²) >= 11 is 3.42. The number of hydrogen-bond donors (Lipinski definition) is 0. The second-order valence-electron chi connectivity index (χ2n) is 6.36. The summed E-state index contributed by atoms with van der Waals surface area (Å²) in [5.41, 5.74) is 4.20. The minimum atomic E-state index is -0.0866. The molecule has 0 saturated carbocycles. The Kier molecular flexibility index (Phi) is 8.49. The number of carbonyl (C=O) groups is 1. The number of fused-ring (bicyclic) bond motifs is 1. The fourth-order valence-electron chi connectivity index (χ4n) is 2.76. The van der Waals surface area contributed by atoms with Crippen molar-refractivity contribution in [3.05, 3.63) is 76.2 Å². The van der Waals surface area contributed by atoms with Crippen LogP contribution in [0.25, 0.3) is 16.6 Å². The first kappa shape index (κ1) is 22.7. The highest BCUT2D eigenvalue weighted by molar-refractivity contribution is 9.10. The van der Waals surface area contributed by atoms with Crippen LogP contribution in [0.5, 0.6) is 0 Å². The third-order valence-electron chi connectivity index (χ3n) is 3.91. The summed E-state index contributed by atoms with van der Waals surface area (Å²) in [7, 11) is 5.40. The van der Waals surface area contributed by atoms with Gasteiger partial charge < -0.3 is 9.64 Å². The van der Waals surface area contributed by atoms with E-state index in [0.29, 0.717) is 23.4 Å². The molecule has 3 rings (SSSR count). The van der Waals surface area contributed by atoms with Crippen LogP contribution in [0.1, 0.15) is 35.5 Å². The van der Waals surface area contributed by atoms with E-state index in [1.807, 2.05) is 75.3 Å². The zero-order valence-electron chi connectivity index (χ0n) is 17.4. The van der Waals surface area contributed by atoms with E-state index in [1.54, 1.807) is 19.5 Å². The van der Waals surface area contributed by atoms with Crippen molar-refractivity contribution >= 4 is 38.3 Å². The average Bonchev–Trinajstić information content (AvgIpc) is 2.73. The number of halogens is 1. The van der Waals surface area contributed by atoms with Crippen molar-refractivity contribution in [1.29, 1.82) is 0 Å². The molecule has 0 radical (unpaired) electrons. The first-order valence-corrected chi connectivity index (χ1v) is 10.2. The van der Waals surface area contributed by atoms with Crippen LogP contribution in [0.2, 0.25) is 0 Å². The van der Waals surface area contributed by atoms with Crippen molar-refractivity contribution in [2.75, 3.05) is 21.2 Å². The van der Waals surface area contributed by atoms with E-state index in [9.17, 15) is 4.79 Å². The maximum absolute atomic E-state index is 13.2. The lowest BCUT2D eigenvalue weighted by Crippen LogP contribution is -2.11. The average molecular weight is 456 g/mol. The molecule has 0 N–H and O–H groups in total. The summed E-state index contributed by atoms with van der Waals surface area (Å²) in [5, 5.41) is 0. The molecule has 0 fully saturated rings. The Bertz CT molecular complexity index is 1020. The quantitative estimate of drug-likeness (QED) is 0.370. The van der Waals surface area contributed by atoms with Gasteiger partial charge in [0, 0.05) is 43.6 Å². The van der Waals surface area contributed by atoms with Crippen LogP contribution in [-0.2, 0) is 11.3 Å². The summed E-state index contributed by atoms with van der Waals surface area (Å²) in [4.78, 5) is 24.1. The van der Waals surface area contributed by atoms with Crippen molar-refractivity contribution in [3.8, 4) is 0 Å². The molecule has 29 heavy (non-hydrogen) atoms. The number of aromatic nitrogens is 2. The van der Waals surface area contributed by atoms with Crippen LogP contribution in [0.4, 0.5) is 0 Å². The third kappa shape index (κ3) is 5.95. The first-order valence-electron chi connectivity index (χ1n) is 9.41. The van der Waals surface area contributed by atoms with Gasteiger partial charge in [-0.2, -0.15) is 0 Å². The van der Waals surface area contributed by atoms with E-state index in [0.717, 1.165) is 21.1 Å².